The van der Waals surface area contributed by atoms with E-state index in [0.29, 0.717) is 11.3 Å². The summed E-state index contributed by atoms with van der Waals surface area (Å²) in [5.74, 6) is -0.154. The molecule has 0 aliphatic carbocycles. The molecule has 0 bridgehead atoms. The highest BCUT2D eigenvalue weighted by Gasteiger charge is 2.20. The summed E-state index contributed by atoms with van der Waals surface area (Å²) in [7, 11) is -1.81. The van der Waals surface area contributed by atoms with Gasteiger partial charge >= 0.3 is 0 Å². The fourth-order valence-electron chi connectivity index (χ4n) is 1.80. The molecule has 0 fully saturated rings. The number of sulfonamides is 1. The standard InChI is InChI=1S/C15H24N2O3S/c1-7-15(3,4)16-14(18)12-8-9-13(11(2)10-12)17(5)21(6,19)20/h8-10H,7H2,1-6H3,(H,16,18). The molecule has 118 valence electrons. The summed E-state index contributed by atoms with van der Waals surface area (Å²) in [4.78, 5) is 12.2. The van der Waals surface area contributed by atoms with Crippen LogP contribution in [0, 0.1) is 6.92 Å². The lowest BCUT2D eigenvalue weighted by Crippen LogP contribution is -2.42. The summed E-state index contributed by atoms with van der Waals surface area (Å²) >= 11 is 0. The Kier molecular flexibility index (Phi) is 5.04. The first-order chi connectivity index (χ1) is 9.48. The maximum atomic E-state index is 12.2. The second-order valence-corrected chi connectivity index (χ2v) is 7.94. The van der Waals surface area contributed by atoms with Crippen LogP contribution < -0.4 is 9.62 Å². The number of amides is 1. The Morgan fingerprint density at radius 2 is 1.90 bits per heavy atom. The van der Waals surface area contributed by atoms with Crippen LogP contribution in [0.1, 0.15) is 43.1 Å². The number of hydrogen-bond acceptors (Lipinski definition) is 3. The van der Waals surface area contributed by atoms with Gasteiger partial charge in [0.2, 0.25) is 10.0 Å². The molecule has 6 heteroatoms. The van der Waals surface area contributed by atoms with Gasteiger partial charge in [-0.2, -0.15) is 0 Å². The molecule has 21 heavy (non-hydrogen) atoms. The minimum Gasteiger partial charge on any atom is -0.347 e. The van der Waals surface area contributed by atoms with Crippen molar-refractivity contribution in [2.24, 2.45) is 0 Å². The highest BCUT2D eigenvalue weighted by molar-refractivity contribution is 7.92. The number of nitrogens with zero attached hydrogens (tertiary/aromatic N) is 1. The zero-order chi connectivity index (χ0) is 16.4. The van der Waals surface area contributed by atoms with Crippen molar-refractivity contribution < 1.29 is 13.2 Å². The Morgan fingerprint density at radius 1 is 1.33 bits per heavy atom. The van der Waals surface area contributed by atoms with E-state index in [1.807, 2.05) is 20.8 Å². The quantitative estimate of drug-likeness (QED) is 0.907. The lowest BCUT2D eigenvalue weighted by molar-refractivity contribution is 0.0911. The van der Waals surface area contributed by atoms with Gasteiger partial charge in [0.25, 0.3) is 5.91 Å². The van der Waals surface area contributed by atoms with Crippen LogP contribution in [0.2, 0.25) is 0 Å². The number of carbonyl (C=O) groups is 1. The molecule has 1 rings (SSSR count). The van der Waals surface area contributed by atoms with Gasteiger partial charge in [-0.05, 0) is 51.0 Å². The Balaban J connectivity index is 3.06. The molecule has 0 unspecified atom stereocenters. The molecule has 0 aromatic heterocycles. The van der Waals surface area contributed by atoms with Crippen molar-refractivity contribution in [3.05, 3.63) is 29.3 Å². The monoisotopic (exact) mass is 312 g/mol. The summed E-state index contributed by atoms with van der Waals surface area (Å²) in [5, 5.41) is 2.96. The third kappa shape index (κ3) is 4.46. The summed E-state index contributed by atoms with van der Waals surface area (Å²) < 4.78 is 24.4. The molecule has 0 atom stereocenters. The van der Waals surface area contributed by atoms with Crippen molar-refractivity contribution in [3.63, 3.8) is 0 Å². The van der Waals surface area contributed by atoms with Crippen LogP contribution in [0.15, 0.2) is 18.2 Å². The van der Waals surface area contributed by atoms with E-state index in [9.17, 15) is 13.2 Å². The number of carbonyl (C=O) groups excluding carboxylic acids is 1. The second-order valence-electron chi connectivity index (χ2n) is 5.92. The molecule has 5 nitrogen and oxygen atoms in total. The van der Waals surface area contributed by atoms with Crippen LogP contribution in [0.4, 0.5) is 5.69 Å². The molecule has 0 aliphatic heterocycles. The predicted molar refractivity (Wildman–Crippen MR) is 86.3 cm³/mol. The number of aryl methyl sites for hydroxylation is 1. The molecule has 0 spiro atoms. The number of benzene rings is 1. The fraction of sp³-hybridized carbons (Fsp3) is 0.533. The normalized spacial score (nSPS) is 12.1. The molecule has 0 saturated heterocycles. The Hall–Kier alpha value is -1.56. The topological polar surface area (TPSA) is 66.5 Å². The van der Waals surface area contributed by atoms with Crippen LogP contribution >= 0.6 is 0 Å². The highest BCUT2D eigenvalue weighted by Crippen LogP contribution is 2.22. The van der Waals surface area contributed by atoms with Crippen LogP contribution in [-0.4, -0.2) is 33.2 Å². The molecule has 1 aromatic carbocycles. The second kappa shape index (κ2) is 6.05. The molecular weight excluding hydrogens is 288 g/mol. The van der Waals surface area contributed by atoms with Crippen molar-refractivity contribution >= 4 is 21.6 Å². The summed E-state index contributed by atoms with van der Waals surface area (Å²) in [5.41, 5.74) is 1.57. The Morgan fingerprint density at radius 3 is 2.33 bits per heavy atom. The number of rotatable bonds is 5. The molecule has 0 saturated carbocycles. The molecule has 1 amide bonds. The number of nitrogens with one attached hydrogen (secondary N) is 1. The summed E-state index contributed by atoms with van der Waals surface area (Å²) in [6.45, 7) is 7.72. The highest BCUT2D eigenvalue weighted by atomic mass is 32.2. The van der Waals surface area contributed by atoms with E-state index < -0.39 is 10.0 Å². The van der Waals surface area contributed by atoms with Gasteiger partial charge in [0.15, 0.2) is 0 Å². The van der Waals surface area contributed by atoms with E-state index in [-0.39, 0.29) is 11.4 Å². The molecular formula is C15H24N2O3S. The average molecular weight is 312 g/mol. The third-order valence-electron chi connectivity index (χ3n) is 3.63. The fourth-order valence-corrected chi connectivity index (χ4v) is 2.36. The third-order valence-corrected chi connectivity index (χ3v) is 4.82. The van der Waals surface area contributed by atoms with Crippen molar-refractivity contribution in [2.75, 3.05) is 17.6 Å². The SMILES string of the molecule is CCC(C)(C)NC(=O)c1ccc(N(C)S(C)(=O)=O)c(C)c1. The zero-order valence-electron chi connectivity index (χ0n) is 13.5. The average Bonchev–Trinajstić information content (AvgIpc) is 2.36. The molecule has 0 aliphatic rings. The lowest BCUT2D eigenvalue weighted by Gasteiger charge is -2.25. The zero-order valence-corrected chi connectivity index (χ0v) is 14.3. The van der Waals surface area contributed by atoms with E-state index in [0.717, 1.165) is 18.2 Å². The molecule has 0 radical (unpaired) electrons. The minimum absolute atomic E-state index is 0.154. The first kappa shape index (κ1) is 17.5. The Labute approximate surface area is 127 Å². The van der Waals surface area contributed by atoms with Gasteiger partial charge in [-0.3, -0.25) is 9.10 Å². The van der Waals surface area contributed by atoms with Gasteiger partial charge in [0.05, 0.1) is 11.9 Å². The maximum Gasteiger partial charge on any atom is 0.251 e. The van der Waals surface area contributed by atoms with Crippen LogP contribution in [0.3, 0.4) is 0 Å². The van der Waals surface area contributed by atoms with E-state index >= 15 is 0 Å². The number of hydrogen-bond donors (Lipinski definition) is 1. The van der Waals surface area contributed by atoms with Gasteiger partial charge in [0, 0.05) is 18.2 Å². The molecule has 1 aromatic rings. The van der Waals surface area contributed by atoms with E-state index in [4.69, 9.17) is 0 Å². The molecule has 0 heterocycles. The van der Waals surface area contributed by atoms with Crippen molar-refractivity contribution in [1.82, 2.24) is 5.32 Å². The maximum absolute atomic E-state index is 12.2. The summed E-state index contributed by atoms with van der Waals surface area (Å²) in [6.07, 6.45) is 1.98. The van der Waals surface area contributed by atoms with Crippen LogP contribution in [0.5, 0.6) is 0 Å². The van der Waals surface area contributed by atoms with E-state index in [1.54, 1.807) is 25.1 Å². The largest absolute Gasteiger partial charge is 0.347 e. The van der Waals surface area contributed by atoms with Crippen LogP contribution in [0.25, 0.3) is 0 Å². The predicted octanol–water partition coefficient (Wildman–Crippen LogP) is 2.31. The first-order valence-corrected chi connectivity index (χ1v) is 8.70. The first-order valence-electron chi connectivity index (χ1n) is 6.85. The lowest BCUT2D eigenvalue weighted by atomic mass is 10.0. The van der Waals surface area contributed by atoms with E-state index in [1.165, 1.54) is 11.4 Å². The van der Waals surface area contributed by atoms with Crippen molar-refractivity contribution in [1.29, 1.82) is 0 Å². The molecule has 1 N–H and O–H groups in total. The van der Waals surface area contributed by atoms with E-state index in [2.05, 4.69) is 5.32 Å². The van der Waals surface area contributed by atoms with Gasteiger partial charge in [-0.15, -0.1) is 0 Å². The van der Waals surface area contributed by atoms with Crippen LogP contribution in [-0.2, 0) is 10.0 Å². The van der Waals surface area contributed by atoms with Gasteiger partial charge in [-0.1, -0.05) is 6.92 Å². The minimum atomic E-state index is -3.31. The van der Waals surface area contributed by atoms with Gasteiger partial charge in [-0.25, -0.2) is 8.42 Å². The number of anilines is 1. The van der Waals surface area contributed by atoms with Gasteiger partial charge in [0.1, 0.15) is 0 Å². The summed E-state index contributed by atoms with van der Waals surface area (Å²) in [6, 6.07) is 5.01. The van der Waals surface area contributed by atoms with Crippen molar-refractivity contribution in [3.8, 4) is 0 Å². The van der Waals surface area contributed by atoms with Crippen molar-refractivity contribution in [2.45, 2.75) is 39.7 Å². The Bertz CT molecular complexity index is 636. The van der Waals surface area contributed by atoms with Gasteiger partial charge < -0.3 is 5.32 Å². The smallest absolute Gasteiger partial charge is 0.251 e.